The Bertz CT molecular complexity index is 537. The minimum absolute atomic E-state index is 0.122. The van der Waals surface area contributed by atoms with Crippen LogP contribution >= 0.6 is 11.3 Å². The monoisotopic (exact) mass is 302 g/mol. The molecule has 1 atom stereocenters. The lowest BCUT2D eigenvalue weighted by molar-refractivity contribution is 0.407. The maximum atomic E-state index is 12.8. The summed E-state index contributed by atoms with van der Waals surface area (Å²) in [5, 5.41) is 5.16. The summed E-state index contributed by atoms with van der Waals surface area (Å²) in [7, 11) is -3.33. The van der Waals surface area contributed by atoms with Crippen LogP contribution in [0.3, 0.4) is 0 Å². The normalized spacial score (nSPS) is 21.1. The lowest BCUT2D eigenvalue weighted by Crippen LogP contribution is -2.34. The van der Waals surface area contributed by atoms with Crippen molar-refractivity contribution >= 4 is 21.4 Å². The quantitative estimate of drug-likeness (QED) is 0.908. The van der Waals surface area contributed by atoms with E-state index in [0.717, 1.165) is 29.8 Å². The van der Waals surface area contributed by atoms with Crippen molar-refractivity contribution in [3.8, 4) is 0 Å². The molecule has 2 rings (SSSR count). The molecule has 1 saturated heterocycles. The van der Waals surface area contributed by atoms with Crippen LogP contribution in [0.15, 0.2) is 10.3 Å². The minimum Gasteiger partial charge on any atom is -0.312 e. The molecule has 0 aliphatic carbocycles. The molecule has 1 aliphatic rings. The zero-order chi connectivity index (χ0) is 14.0. The fourth-order valence-corrected chi connectivity index (χ4v) is 6.01. The van der Waals surface area contributed by atoms with Crippen LogP contribution < -0.4 is 5.32 Å². The Labute approximate surface area is 119 Å². The lowest BCUT2D eigenvalue weighted by atomic mass is 10.3. The van der Waals surface area contributed by atoms with E-state index in [1.165, 1.54) is 11.3 Å². The first-order valence-corrected chi connectivity index (χ1v) is 9.10. The van der Waals surface area contributed by atoms with Gasteiger partial charge in [0.1, 0.15) is 4.90 Å². The van der Waals surface area contributed by atoms with Crippen LogP contribution in [-0.2, 0) is 16.6 Å². The van der Waals surface area contributed by atoms with Gasteiger partial charge in [-0.3, -0.25) is 0 Å². The Morgan fingerprint density at radius 3 is 2.84 bits per heavy atom. The fraction of sp³-hybridized carbons (Fsp3) is 0.692. The Kier molecular flexibility index (Phi) is 4.66. The summed E-state index contributed by atoms with van der Waals surface area (Å²) < 4.78 is 27.3. The second-order valence-electron chi connectivity index (χ2n) is 5.06. The van der Waals surface area contributed by atoms with E-state index >= 15 is 0 Å². The summed E-state index contributed by atoms with van der Waals surface area (Å²) in [6.07, 6.45) is 1.93. The van der Waals surface area contributed by atoms with Gasteiger partial charge in [0.2, 0.25) is 10.0 Å². The molecule has 1 unspecified atom stereocenters. The average molecular weight is 302 g/mol. The second kappa shape index (κ2) is 5.91. The molecule has 2 heterocycles. The zero-order valence-electron chi connectivity index (χ0n) is 11.8. The number of nitrogens with one attached hydrogen (secondary N) is 1. The van der Waals surface area contributed by atoms with Crippen molar-refractivity contribution in [2.45, 2.75) is 51.1 Å². The van der Waals surface area contributed by atoms with Gasteiger partial charge >= 0.3 is 0 Å². The topological polar surface area (TPSA) is 49.4 Å². The molecule has 1 fully saturated rings. The van der Waals surface area contributed by atoms with Crippen molar-refractivity contribution < 1.29 is 8.42 Å². The molecule has 1 aromatic heterocycles. The predicted octanol–water partition coefficient (Wildman–Crippen LogP) is 2.34. The number of nitrogens with zero attached hydrogens (tertiary/aromatic N) is 1. The van der Waals surface area contributed by atoms with Gasteiger partial charge in [-0.1, -0.05) is 6.92 Å². The van der Waals surface area contributed by atoms with Gasteiger partial charge in [-0.05, 0) is 44.2 Å². The Hall–Kier alpha value is -0.430. The summed E-state index contributed by atoms with van der Waals surface area (Å²) in [5.74, 6) is 0. The van der Waals surface area contributed by atoms with Crippen molar-refractivity contribution in [1.29, 1.82) is 0 Å². The number of rotatable bonds is 5. The van der Waals surface area contributed by atoms with E-state index in [9.17, 15) is 8.42 Å². The number of thiophene rings is 1. The average Bonchev–Trinajstić information content (AvgIpc) is 2.93. The molecule has 0 aromatic carbocycles. The fourth-order valence-electron chi connectivity index (χ4n) is 2.58. The van der Waals surface area contributed by atoms with Crippen LogP contribution in [0.1, 0.15) is 37.1 Å². The van der Waals surface area contributed by atoms with Gasteiger partial charge < -0.3 is 5.32 Å². The zero-order valence-corrected chi connectivity index (χ0v) is 13.4. The minimum atomic E-state index is -3.33. The SMILES string of the molecule is CCNCc1scc(C)c1S(=O)(=O)N1CCCC1C. The molecule has 0 spiro atoms. The van der Waals surface area contributed by atoms with Crippen molar-refractivity contribution in [2.75, 3.05) is 13.1 Å². The molecule has 0 radical (unpaired) electrons. The number of sulfonamides is 1. The third-order valence-corrected chi connectivity index (χ3v) is 7.06. The van der Waals surface area contributed by atoms with E-state index in [0.29, 0.717) is 18.0 Å². The number of hydrogen-bond acceptors (Lipinski definition) is 4. The third-order valence-electron chi connectivity index (χ3n) is 3.58. The molecule has 1 N–H and O–H groups in total. The molecule has 0 bridgehead atoms. The summed E-state index contributed by atoms with van der Waals surface area (Å²) in [6, 6.07) is 0.122. The van der Waals surface area contributed by atoms with E-state index in [-0.39, 0.29) is 6.04 Å². The Morgan fingerprint density at radius 2 is 2.26 bits per heavy atom. The number of hydrogen-bond donors (Lipinski definition) is 1. The first kappa shape index (κ1) is 15.0. The maximum absolute atomic E-state index is 12.8. The molecule has 1 aliphatic heterocycles. The van der Waals surface area contributed by atoms with Crippen LogP contribution in [0, 0.1) is 6.92 Å². The molecule has 6 heteroatoms. The van der Waals surface area contributed by atoms with Crippen molar-refractivity contribution in [1.82, 2.24) is 9.62 Å². The van der Waals surface area contributed by atoms with Gasteiger partial charge in [-0.25, -0.2) is 8.42 Å². The summed E-state index contributed by atoms with van der Waals surface area (Å²) in [5.41, 5.74) is 0.872. The molecule has 0 saturated carbocycles. The Morgan fingerprint density at radius 1 is 1.53 bits per heavy atom. The molecular formula is C13H22N2O2S2. The van der Waals surface area contributed by atoms with E-state index < -0.39 is 10.0 Å². The van der Waals surface area contributed by atoms with Gasteiger partial charge in [0.15, 0.2) is 0 Å². The highest BCUT2D eigenvalue weighted by molar-refractivity contribution is 7.89. The predicted molar refractivity (Wildman–Crippen MR) is 79.0 cm³/mol. The van der Waals surface area contributed by atoms with Crippen LogP contribution in [0.4, 0.5) is 0 Å². The number of aryl methyl sites for hydroxylation is 1. The smallest absolute Gasteiger partial charge is 0.244 e. The van der Waals surface area contributed by atoms with E-state index in [4.69, 9.17) is 0 Å². The van der Waals surface area contributed by atoms with Gasteiger partial charge in [0, 0.05) is 24.0 Å². The second-order valence-corrected chi connectivity index (χ2v) is 7.85. The summed E-state index contributed by atoms with van der Waals surface area (Å²) in [4.78, 5) is 1.46. The molecule has 4 nitrogen and oxygen atoms in total. The third kappa shape index (κ3) is 2.86. The molecule has 19 heavy (non-hydrogen) atoms. The molecule has 1 aromatic rings. The van der Waals surface area contributed by atoms with Crippen LogP contribution in [-0.4, -0.2) is 31.9 Å². The van der Waals surface area contributed by atoms with Crippen molar-refractivity contribution in [3.05, 3.63) is 15.8 Å². The van der Waals surface area contributed by atoms with Gasteiger partial charge in [0.25, 0.3) is 0 Å². The van der Waals surface area contributed by atoms with E-state index in [2.05, 4.69) is 5.32 Å². The largest absolute Gasteiger partial charge is 0.312 e. The molecular weight excluding hydrogens is 280 g/mol. The maximum Gasteiger partial charge on any atom is 0.244 e. The van der Waals surface area contributed by atoms with Gasteiger partial charge in [-0.2, -0.15) is 4.31 Å². The Balaban J connectivity index is 2.37. The van der Waals surface area contributed by atoms with Crippen molar-refractivity contribution in [2.24, 2.45) is 0 Å². The van der Waals surface area contributed by atoms with Crippen LogP contribution in [0.2, 0.25) is 0 Å². The summed E-state index contributed by atoms with van der Waals surface area (Å²) in [6.45, 7) is 8.04. The molecule has 108 valence electrons. The van der Waals surface area contributed by atoms with E-state index in [1.54, 1.807) is 4.31 Å². The lowest BCUT2D eigenvalue weighted by Gasteiger charge is -2.22. The van der Waals surface area contributed by atoms with Crippen LogP contribution in [0.5, 0.6) is 0 Å². The van der Waals surface area contributed by atoms with Gasteiger partial charge in [-0.15, -0.1) is 11.3 Å². The van der Waals surface area contributed by atoms with Crippen LogP contribution in [0.25, 0.3) is 0 Å². The van der Waals surface area contributed by atoms with E-state index in [1.807, 2.05) is 26.2 Å². The first-order valence-electron chi connectivity index (χ1n) is 6.78. The summed E-state index contributed by atoms with van der Waals surface area (Å²) >= 11 is 1.53. The van der Waals surface area contributed by atoms with Crippen molar-refractivity contribution in [3.63, 3.8) is 0 Å². The highest BCUT2D eigenvalue weighted by Crippen LogP contribution is 2.33. The first-order chi connectivity index (χ1) is 8.98. The standard InChI is InChI=1S/C13H22N2O2S2/c1-4-14-8-12-13(10(2)9-18-12)19(16,17)15-7-5-6-11(15)3/h9,11,14H,4-8H2,1-3H3. The molecule has 0 amide bonds. The highest BCUT2D eigenvalue weighted by atomic mass is 32.2. The highest BCUT2D eigenvalue weighted by Gasteiger charge is 2.35. The van der Waals surface area contributed by atoms with Gasteiger partial charge in [0.05, 0.1) is 0 Å².